The van der Waals surface area contributed by atoms with Gasteiger partial charge in [0.1, 0.15) is 0 Å². The van der Waals surface area contributed by atoms with E-state index in [-0.39, 0.29) is 17.9 Å². The number of esters is 1. The minimum absolute atomic E-state index is 0.0903. The lowest BCUT2D eigenvalue weighted by Gasteiger charge is -2.30. The fraction of sp³-hybridized carbons (Fsp3) is 0.562. The predicted molar refractivity (Wildman–Crippen MR) is 76.1 cm³/mol. The molecular weight excluding hydrogens is 238 g/mol. The van der Waals surface area contributed by atoms with E-state index in [9.17, 15) is 4.79 Å². The summed E-state index contributed by atoms with van der Waals surface area (Å²) in [4.78, 5) is 12.3. The molecule has 3 nitrogen and oxygen atoms in total. The van der Waals surface area contributed by atoms with Gasteiger partial charge >= 0.3 is 5.97 Å². The maximum atomic E-state index is 12.3. The second-order valence-corrected chi connectivity index (χ2v) is 5.11. The Balaban J connectivity index is 2.14. The Morgan fingerprint density at radius 3 is 2.79 bits per heavy atom. The van der Waals surface area contributed by atoms with E-state index >= 15 is 0 Å². The number of ether oxygens (including phenoxy) is 1. The number of nitrogens with one attached hydrogen (secondary N) is 1. The minimum Gasteiger partial charge on any atom is -0.465 e. The molecule has 1 aromatic rings. The molecule has 2 atom stereocenters. The minimum atomic E-state index is -0.173. The van der Waals surface area contributed by atoms with Gasteiger partial charge in [0.25, 0.3) is 0 Å². The van der Waals surface area contributed by atoms with Crippen molar-refractivity contribution >= 4 is 5.97 Å². The molecule has 0 aliphatic carbocycles. The third-order valence-electron chi connectivity index (χ3n) is 3.61. The lowest BCUT2D eigenvalue weighted by atomic mass is 9.86. The third kappa shape index (κ3) is 3.80. The van der Waals surface area contributed by atoms with E-state index in [0.29, 0.717) is 6.61 Å². The molecule has 1 heterocycles. The van der Waals surface area contributed by atoms with Crippen molar-refractivity contribution in [3.63, 3.8) is 0 Å². The van der Waals surface area contributed by atoms with Gasteiger partial charge in [0, 0.05) is 6.04 Å². The van der Waals surface area contributed by atoms with E-state index < -0.39 is 0 Å². The normalized spacial score (nSPS) is 20.8. The Kier molecular flexibility index (Phi) is 5.40. The van der Waals surface area contributed by atoms with E-state index in [1.165, 1.54) is 12.8 Å². The zero-order valence-electron chi connectivity index (χ0n) is 11.6. The first-order chi connectivity index (χ1) is 9.33. The van der Waals surface area contributed by atoms with Crippen molar-refractivity contribution in [3.8, 4) is 0 Å². The predicted octanol–water partition coefficient (Wildman–Crippen LogP) is 2.87. The zero-order valence-corrected chi connectivity index (χ0v) is 11.6. The van der Waals surface area contributed by atoms with Crippen LogP contribution in [0.4, 0.5) is 0 Å². The van der Waals surface area contributed by atoms with Gasteiger partial charge in [-0.05, 0) is 31.4 Å². The fourth-order valence-corrected chi connectivity index (χ4v) is 2.65. The van der Waals surface area contributed by atoms with Crippen LogP contribution in [-0.4, -0.2) is 25.2 Å². The molecule has 0 radical (unpaired) electrons. The Morgan fingerprint density at radius 2 is 2.16 bits per heavy atom. The molecular formula is C16H23NO2. The van der Waals surface area contributed by atoms with Gasteiger partial charge in [0.2, 0.25) is 0 Å². The molecule has 1 saturated heterocycles. The molecule has 1 fully saturated rings. The summed E-state index contributed by atoms with van der Waals surface area (Å²) >= 11 is 0. The van der Waals surface area contributed by atoms with Crippen LogP contribution >= 0.6 is 0 Å². The Bertz CT molecular complexity index is 385. The summed E-state index contributed by atoms with van der Waals surface area (Å²) in [7, 11) is 0. The molecule has 2 unspecified atom stereocenters. The first kappa shape index (κ1) is 14.1. The van der Waals surface area contributed by atoms with Gasteiger partial charge < -0.3 is 10.1 Å². The molecule has 1 aromatic carbocycles. The van der Waals surface area contributed by atoms with E-state index in [4.69, 9.17) is 4.74 Å². The van der Waals surface area contributed by atoms with Crippen molar-refractivity contribution in [2.45, 2.75) is 44.6 Å². The second-order valence-electron chi connectivity index (χ2n) is 5.11. The maximum Gasteiger partial charge on any atom is 0.315 e. The average molecular weight is 261 g/mol. The zero-order chi connectivity index (χ0) is 13.5. The summed E-state index contributed by atoms with van der Waals surface area (Å²) in [5.74, 6) is -0.263. The lowest BCUT2D eigenvalue weighted by molar-refractivity contribution is -0.146. The summed E-state index contributed by atoms with van der Waals surface area (Å²) in [6.07, 6.45) is 4.29. The SMILES string of the molecule is CCCOC(=O)C(c1ccccc1)C1CCCCN1. The smallest absolute Gasteiger partial charge is 0.315 e. The van der Waals surface area contributed by atoms with Gasteiger partial charge in [-0.3, -0.25) is 4.79 Å². The van der Waals surface area contributed by atoms with E-state index in [1.807, 2.05) is 37.3 Å². The third-order valence-corrected chi connectivity index (χ3v) is 3.61. The van der Waals surface area contributed by atoms with Crippen LogP contribution in [0.2, 0.25) is 0 Å². The van der Waals surface area contributed by atoms with Gasteiger partial charge in [0.05, 0.1) is 12.5 Å². The maximum absolute atomic E-state index is 12.3. The Labute approximate surface area is 115 Å². The first-order valence-corrected chi connectivity index (χ1v) is 7.28. The summed E-state index contributed by atoms with van der Waals surface area (Å²) in [6, 6.07) is 10.2. The van der Waals surface area contributed by atoms with Crippen molar-refractivity contribution in [2.75, 3.05) is 13.2 Å². The van der Waals surface area contributed by atoms with E-state index in [2.05, 4.69) is 5.32 Å². The topological polar surface area (TPSA) is 38.3 Å². The summed E-state index contributed by atoms with van der Waals surface area (Å²) in [5, 5.41) is 3.47. The molecule has 1 aliphatic heterocycles. The van der Waals surface area contributed by atoms with Crippen LogP contribution in [0.3, 0.4) is 0 Å². The van der Waals surface area contributed by atoms with Gasteiger partial charge in [-0.15, -0.1) is 0 Å². The monoisotopic (exact) mass is 261 g/mol. The van der Waals surface area contributed by atoms with Crippen LogP contribution in [0, 0.1) is 0 Å². The highest BCUT2D eigenvalue weighted by atomic mass is 16.5. The van der Waals surface area contributed by atoms with Gasteiger partial charge in [-0.1, -0.05) is 43.7 Å². The number of hydrogen-bond donors (Lipinski definition) is 1. The quantitative estimate of drug-likeness (QED) is 0.828. The summed E-state index contributed by atoms with van der Waals surface area (Å²) in [5.41, 5.74) is 1.06. The molecule has 19 heavy (non-hydrogen) atoms. The second kappa shape index (κ2) is 7.29. The largest absolute Gasteiger partial charge is 0.465 e. The highest BCUT2D eigenvalue weighted by Gasteiger charge is 2.31. The molecule has 0 spiro atoms. The van der Waals surface area contributed by atoms with Crippen molar-refractivity contribution in [1.29, 1.82) is 0 Å². The number of carbonyl (C=O) groups excluding carboxylic acids is 1. The fourth-order valence-electron chi connectivity index (χ4n) is 2.65. The van der Waals surface area contributed by atoms with Crippen LogP contribution in [0.1, 0.15) is 44.1 Å². The number of carbonyl (C=O) groups is 1. The Hall–Kier alpha value is -1.35. The highest BCUT2D eigenvalue weighted by Crippen LogP contribution is 2.26. The van der Waals surface area contributed by atoms with Crippen LogP contribution in [0.5, 0.6) is 0 Å². The summed E-state index contributed by atoms with van der Waals surface area (Å²) in [6.45, 7) is 3.52. The number of hydrogen-bond acceptors (Lipinski definition) is 3. The van der Waals surface area contributed by atoms with Crippen LogP contribution in [0.15, 0.2) is 30.3 Å². The van der Waals surface area contributed by atoms with Crippen molar-refractivity contribution in [2.24, 2.45) is 0 Å². The van der Waals surface area contributed by atoms with Gasteiger partial charge in [-0.2, -0.15) is 0 Å². The van der Waals surface area contributed by atoms with Crippen molar-refractivity contribution in [3.05, 3.63) is 35.9 Å². The first-order valence-electron chi connectivity index (χ1n) is 7.28. The van der Waals surface area contributed by atoms with Gasteiger partial charge in [-0.25, -0.2) is 0 Å². The average Bonchev–Trinajstić information content (AvgIpc) is 2.47. The van der Waals surface area contributed by atoms with E-state index in [0.717, 1.165) is 24.9 Å². The van der Waals surface area contributed by atoms with Crippen LogP contribution < -0.4 is 5.32 Å². The molecule has 3 heteroatoms. The van der Waals surface area contributed by atoms with E-state index in [1.54, 1.807) is 0 Å². The molecule has 2 rings (SSSR count). The molecule has 0 bridgehead atoms. The molecule has 1 N–H and O–H groups in total. The van der Waals surface area contributed by atoms with Crippen molar-refractivity contribution < 1.29 is 9.53 Å². The number of piperidine rings is 1. The standard InChI is InChI=1S/C16H23NO2/c1-2-12-19-16(18)15(13-8-4-3-5-9-13)14-10-6-7-11-17-14/h3-5,8-9,14-15,17H,2,6-7,10-12H2,1H3. The number of rotatable bonds is 5. The van der Waals surface area contributed by atoms with Crippen molar-refractivity contribution in [1.82, 2.24) is 5.32 Å². The molecule has 0 saturated carbocycles. The molecule has 104 valence electrons. The molecule has 0 amide bonds. The number of benzene rings is 1. The van der Waals surface area contributed by atoms with Crippen LogP contribution in [0.25, 0.3) is 0 Å². The van der Waals surface area contributed by atoms with Crippen LogP contribution in [-0.2, 0) is 9.53 Å². The van der Waals surface area contributed by atoms with Gasteiger partial charge in [0.15, 0.2) is 0 Å². The lowest BCUT2D eigenvalue weighted by Crippen LogP contribution is -2.42. The molecule has 0 aromatic heterocycles. The highest BCUT2D eigenvalue weighted by molar-refractivity contribution is 5.79. The summed E-state index contributed by atoms with van der Waals surface area (Å²) < 4.78 is 5.38. The molecule has 1 aliphatic rings. The Morgan fingerprint density at radius 1 is 1.37 bits per heavy atom.